The van der Waals surface area contributed by atoms with Gasteiger partial charge in [0.15, 0.2) is 5.96 Å². The number of amides is 1. The fourth-order valence-corrected chi connectivity index (χ4v) is 2.64. The van der Waals surface area contributed by atoms with E-state index in [4.69, 9.17) is 0 Å². The average Bonchev–Trinajstić information content (AvgIpc) is 2.73. The molecule has 3 N–H and O–H groups in total. The summed E-state index contributed by atoms with van der Waals surface area (Å²) in [5.74, 6) is 0.389. The zero-order valence-electron chi connectivity index (χ0n) is 17.7. The number of nitrogens with one attached hydrogen (secondary N) is 3. The van der Waals surface area contributed by atoms with Crippen molar-refractivity contribution in [1.29, 1.82) is 0 Å². The maximum atomic E-state index is 12.6. The molecule has 0 fully saturated rings. The number of benzene rings is 2. The molecule has 1 amide bonds. The minimum atomic E-state index is -4.34. The van der Waals surface area contributed by atoms with Crippen molar-refractivity contribution in [2.45, 2.75) is 45.6 Å². The third-order valence-electron chi connectivity index (χ3n) is 4.60. The number of halogens is 4. The highest BCUT2D eigenvalue weighted by Gasteiger charge is 2.29. The lowest BCUT2D eigenvalue weighted by Gasteiger charge is -2.14. The van der Waals surface area contributed by atoms with Gasteiger partial charge in [0, 0.05) is 31.7 Å². The standard InChI is InChI=1S/C22H27F3N4O.HI/c1-4-15(2)29-20(30)18-7-5-6-17(12-18)14-28-21(26-3)27-13-16-8-10-19(11-9-16)22(23,24)25;/h5-12,15H,4,13-14H2,1-3H3,(H,29,30)(H2,26,27,28);1H. The van der Waals surface area contributed by atoms with E-state index in [1.165, 1.54) is 12.1 Å². The molecular formula is C22H28F3IN4O. The monoisotopic (exact) mass is 548 g/mol. The molecule has 5 nitrogen and oxygen atoms in total. The highest BCUT2D eigenvalue weighted by molar-refractivity contribution is 14.0. The predicted octanol–water partition coefficient (Wildman–Crippen LogP) is 4.72. The lowest BCUT2D eigenvalue weighted by molar-refractivity contribution is -0.137. The average molecular weight is 548 g/mol. The first-order valence-corrected chi connectivity index (χ1v) is 9.73. The fourth-order valence-electron chi connectivity index (χ4n) is 2.64. The van der Waals surface area contributed by atoms with Crippen LogP contribution in [0.2, 0.25) is 0 Å². The Labute approximate surface area is 197 Å². The van der Waals surface area contributed by atoms with E-state index in [1.807, 2.05) is 32.0 Å². The molecule has 2 aromatic carbocycles. The SMILES string of the molecule is CCC(C)NC(=O)c1cccc(CNC(=NC)NCc2ccc(C(F)(F)F)cc2)c1.I. The van der Waals surface area contributed by atoms with Crippen LogP contribution in [-0.4, -0.2) is 25.0 Å². The summed E-state index contributed by atoms with van der Waals surface area (Å²) < 4.78 is 37.9. The molecular weight excluding hydrogens is 520 g/mol. The Hall–Kier alpha value is -2.30. The predicted molar refractivity (Wildman–Crippen MR) is 128 cm³/mol. The van der Waals surface area contributed by atoms with Gasteiger partial charge in [-0.1, -0.05) is 31.2 Å². The van der Waals surface area contributed by atoms with Gasteiger partial charge in [-0.05, 0) is 48.7 Å². The topological polar surface area (TPSA) is 65.5 Å². The van der Waals surface area contributed by atoms with E-state index >= 15 is 0 Å². The van der Waals surface area contributed by atoms with E-state index < -0.39 is 11.7 Å². The lowest BCUT2D eigenvalue weighted by Crippen LogP contribution is -2.36. The summed E-state index contributed by atoms with van der Waals surface area (Å²) in [5.41, 5.74) is 1.52. The lowest BCUT2D eigenvalue weighted by atomic mass is 10.1. The van der Waals surface area contributed by atoms with Gasteiger partial charge in [-0.2, -0.15) is 13.2 Å². The Balaban J connectivity index is 0.00000480. The third-order valence-corrected chi connectivity index (χ3v) is 4.60. The van der Waals surface area contributed by atoms with Gasteiger partial charge in [-0.25, -0.2) is 0 Å². The van der Waals surface area contributed by atoms with Crippen molar-refractivity contribution in [2.75, 3.05) is 7.05 Å². The molecule has 2 rings (SSSR count). The summed E-state index contributed by atoms with van der Waals surface area (Å²) in [6, 6.07) is 12.4. The summed E-state index contributed by atoms with van der Waals surface area (Å²) in [4.78, 5) is 16.4. The van der Waals surface area contributed by atoms with Gasteiger partial charge in [0.05, 0.1) is 5.56 Å². The second-order valence-electron chi connectivity index (χ2n) is 6.96. The number of carbonyl (C=O) groups is 1. The van der Waals surface area contributed by atoms with E-state index in [2.05, 4.69) is 20.9 Å². The van der Waals surface area contributed by atoms with Crippen molar-refractivity contribution >= 4 is 35.8 Å². The van der Waals surface area contributed by atoms with Crippen LogP contribution in [0.25, 0.3) is 0 Å². The number of carbonyl (C=O) groups excluding carboxylic acids is 1. The maximum Gasteiger partial charge on any atom is 0.416 e. The third kappa shape index (κ3) is 8.76. The van der Waals surface area contributed by atoms with Crippen LogP contribution >= 0.6 is 24.0 Å². The van der Waals surface area contributed by atoms with Gasteiger partial charge in [0.2, 0.25) is 0 Å². The molecule has 0 aromatic heterocycles. The molecule has 0 aliphatic carbocycles. The van der Waals surface area contributed by atoms with Crippen molar-refractivity contribution in [3.63, 3.8) is 0 Å². The van der Waals surface area contributed by atoms with Crippen molar-refractivity contribution in [3.8, 4) is 0 Å². The maximum absolute atomic E-state index is 12.6. The summed E-state index contributed by atoms with van der Waals surface area (Å²) in [6.07, 6.45) is -3.49. The van der Waals surface area contributed by atoms with E-state index in [0.717, 1.165) is 24.1 Å². The van der Waals surface area contributed by atoms with Crippen LogP contribution in [0.3, 0.4) is 0 Å². The molecule has 1 atom stereocenters. The Morgan fingerprint density at radius 2 is 1.65 bits per heavy atom. The Morgan fingerprint density at radius 1 is 1.03 bits per heavy atom. The molecule has 0 radical (unpaired) electrons. The highest BCUT2D eigenvalue weighted by Crippen LogP contribution is 2.29. The molecule has 0 heterocycles. The van der Waals surface area contributed by atoms with Crippen molar-refractivity contribution in [3.05, 3.63) is 70.8 Å². The van der Waals surface area contributed by atoms with Crippen LogP contribution in [-0.2, 0) is 19.3 Å². The summed E-state index contributed by atoms with van der Waals surface area (Å²) in [7, 11) is 1.61. The van der Waals surface area contributed by atoms with Gasteiger partial charge >= 0.3 is 6.18 Å². The van der Waals surface area contributed by atoms with E-state index in [-0.39, 0.29) is 35.9 Å². The normalized spacial score (nSPS) is 12.5. The molecule has 9 heteroatoms. The molecule has 0 aliphatic heterocycles. The minimum Gasteiger partial charge on any atom is -0.352 e. The smallest absolute Gasteiger partial charge is 0.352 e. The molecule has 0 aliphatic rings. The molecule has 0 spiro atoms. The van der Waals surface area contributed by atoms with E-state index in [1.54, 1.807) is 13.1 Å². The minimum absolute atomic E-state index is 0. The van der Waals surface area contributed by atoms with Crippen LogP contribution < -0.4 is 16.0 Å². The summed E-state index contributed by atoms with van der Waals surface area (Å²) in [6.45, 7) is 4.73. The molecule has 0 saturated carbocycles. The van der Waals surface area contributed by atoms with Crippen molar-refractivity contribution < 1.29 is 18.0 Å². The molecule has 1 unspecified atom stereocenters. The molecule has 170 valence electrons. The first-order valence-electron chi connectivity index (χ1n) is 9.73. The Kier molecular flexibility index (Phi) is 10.8. The number of hydrogen-bond donors (Lipinski definition) is 3. The Morgan fingerprint density at radius 3 is 2.19 bits per heavy atom. The number of nitrogens with zero attached hydrogens (tertiary/aromatic N) is 1. The van der Waals surface area contributed by atoms with Gasteiger partial charge in [0.25, 0.3) is 5.91 Å². The number of guanidine groups is 1. The molecule has 31 heavy (non-hydrogen) atoms. The number of alkyl halides is 3. The van der Waals surface area contributed by atoms with Gasteiger partial charge in [-0.15, -0.1) is 24.0 Å². The van der Waals surface area contributed by atoms with Crippen LogP contribution in [0, 0.1) is 0 Å². The number of hydrogen-bond acceptors (Lipinski definition) is 2. The van der Waals surface area contributed by atoms with Gasteiger partial charge < -0.3 is 16.0 Å². The Bertz CT molecular complexity index is 870. The largest absolute Gasteiger partial charge is 0.416 e. The van der Waals surface area contributed by atoms with Gasteiger partial charge in [-0.3, -0.25) is 9.79 Å². The quantitative estimate of drug-likeness (QED) is 0.267. The van der Waals surface area contributed by atoms with E-state index in [0.29, 0.717) is 30.2 Å². The van der Waals surface area contributed by atoms with Crippen LogP contribution in [0.5, 0.6) is 0 Å². The number of rotatable bonds is 7. The first-order chi connectivity index (χ1) is 14.2. The summed E-state index contributed by atoms with van der Waals surface area (Å²) in [5, 5.41) is 9.14. The van der Waals surface area contributed by atoms with Gasteiger partial charge in [0.1, 0.15) is 0 Å². The zero-order chi connectivity index (χ0) is 22.1. The van der Waals surface area contributed by atoms with Crippen LogP contribution in [0.15, 0.2) is 53.5 Å². The second-order valence-corrected chi connectivity index (χ2v) is 6.96. The molecule has 2 aromatic rings. The van der Waals surface area contributed by atoms with E-state index in [9.17, 15) is 18.0 Å². The van der Waals surface area contributed by atoms with Crippen LogP contribution in [0.1, 0.15) is 47.3 Å². The molecule has 0 saturated heterocycles. The molecule has 0 bridgehead atoms. The fraction of sp³-hybridized carbons (Fsp3) is 0.364. The van der Waals surface area contributed by atoms with Crippen molar-refractivity contribution in [1.82, 2.24) is 16.0 Å². The first kappa shape index (κ1) is 26.7. The zero-order valence-corrected chi connectivity index (χ0v) is 20.0. The second kappa shape index (κ2) is 12.5. The number of aliphatic imine (C=N–C) groups is 1. The highest BCUT2D eigenvalue weighted by atomic mass is 127. The van der Waals surface area contributed by atoms with Crippen molar-refractivity contribution in [2.24, 2.45) is 4.99 Å². The summed E-state index contributed by atoms with van der Waals surface area (Å²) >= 11 is 0. The van der Waals surface area contributed by atoms with Crippen LogP contribution in [0.4, 0.5) is 13.2 Å².